The number of anilines is 1. The molecule has 0 bridgehead atoms. The molecule has 4 rings (SSSR count). The summed E-state index contributed by atoms with van der Waals surface area (Å²) in [6, 6.07) is 7.23. The minimum Gasteiger partial charge on any atom is -0.340 e. The van der Waals surface area contributed by atoms with Gasteiger partial charge in [-0.15, -0.1) is 0 Å². The number of hydrogen-bond donors (Lipinski definition) is 1. The number of amides is 2. The van der Waals surface area contributed by atoms with E-state index in [-0.39, 0.29) is 17.9 Å². The van der Waals surface area contributed by atoms with E-state index >= 15 is 0 Å². The van der Waals surface area contributed by atoms with E-state index in [1.807, 2.05) is 23.1 Å². The van der Waals surface area contributed by atoms with Gasteiger partial charge in [0.05, 0.1) is 6.04 Å². The molecule has 2 saturated carbocycles. The summed E-state index contributed by atoms with van der Waals surface area (Å²) >= 11 is 6.09. The Morgan fingerprint density at radius 1 is 0.933 bits per heavy atom. The van der Waals surface area contributed by atoms with E-state index in [9.17, 15) is 9.59 Å². The van der Waals surface area contributed by atoms with Crippen molar-refractivity contribution in [2.75, 3.05) is 31.5 Å². The number of hydrogen-bond acceptors (Lipinski definition) is 3. The number of rotatable bonds is 5. The van der Waals surface area contributed by atoms with Crippen LogP contribution in [0.2, 0.25) is 5.02 Å². The molecule has 1 heterocycles. The summed E-state index contributed by atoms with van der Waals surface area (Å²) in [4.78, 5) is 30.6. The van der Waals surface area contributed by atoms with Gasteiger partial charge < -0.3 is 10.2 Å². The number of nitrogens with zero attached hydrogens (tertiary/aromatic N) is 2. The smallest absolute Gasteiger partial charge is 0.242 e. The highest BCUT2D eigenvalue weighted by Crippen LogP contribution is 2.32. The molecule has 1 aliphatic heterocycles. The van der Waals surface area contributed by atoms with Crippen LogP contribution in [0, 0.1) is 11.8 Å². The molecule has 3 aliphatic rings. The standard InChI is InChI=1S/C24H34ClN3O2/c25-20-11-6-12-21(17-20)26-23(29)22(18-7-4-5-8-18)27-13-15-28(16-14-27)24(30)19-9-2-1-3-10-19/h6,11-12,17-19,22H,1-5,7-10,13-16H2,(H,26,29)/t22-/m1/s1. The molecule has 5 nitrogen and oxygen atoms in total. The van der Waals surface area contributed by atoms with E-state index in [0.29, 0.717) is 16.8 Å². The maximum atomic E-state index is 13.3. The number of carbonyl (C=O) groups is 2. The van der Waals surface area contributed by atoms with Gasteiger partial charge >= 0.3 is 0 Å². The molecule has 1 saturated heterocycles. The fourth-order valence-corrected chi connectivity index (χ4v) is 5.75. The largest absolute Gasteiger partial charge is 0.340 e. The molecule has 164 valence electrons. The Hall–Kier alpha value is -1.59. The molecule has 2 aliphatic carbocycles. The highest BCUT2D eigenvalue weighted by atomic mass is 35.5. The average molecular weight is 432 g/mol. The second-order valence-corrected chi connectivity index (χ2v) is 9.62. The van der Waals surface area contributed by atoms with Crippen LogP contribution in [0.5, 0.6) is 0 Å². The van der Waals surface area contributed by atoms with Crippen molar-refractivity contribution in [3.63, 3.8) is 0 Å². The van der Waals surface area contributed by atoms with E-state index in [2.05, 4.69) is 10.2 Å². The van der Waals surface area contributed by atoms with Crippen molar-refractivity contribution in [3.8, 4) is 0 Å². The van der Waals surface area contributed by atoms with Gasteiger partial charge in [0, 0.05) is 42.8 Å². The van der Waals surface area contributed by atoms with Gasteiger partial charge in [-0.05, 0) is 49.8 Å². The maximum Gasteiger partial charge on any atom is 0.242 e. The van der Waals surface area contributed by atoms with Crippen molar-refractivity contribution in [2.45, 2.75) is 63.8 Å². The Balaban J connectivity index is 1.39. The van der Waals surface area contributed by atoms with Gasteiger partial charge in [-0.1, -0.05) is 49.8 Å². The molecular formula is C24H34ClN3O2. The van der Waals surface area contributed by atoms with Crippen LogP contribution in [-0.2, 0) is 9.59 Å². The topological polar surface area (TPSA) is 52.7 Å². The molecule has 0 aromatic heterocycles. The Bertz CT molecular complexity index is 736. The lowest BCUT2D eigenvalue weighted by Gasteiger charge is -2.41. The lowest BCUT2D eigenvalue weighted by atomic mass is 9.88. The molecule has 1 atom stereocenters. The first-order chi connectivity index (χ1) is 14.6. The zero-order chi connectivity index (χ0) is 20.9. The fourth-order valence-electron chi connectivity index (χ4n) is 5.56. The van der Waals surface area contributed by atoms with E-state index < -0.39 is 0 Å². The van der Waals surface area contributed by atoms with Crippen LogP contribution in [0.25, 0.3) is 0 Å². The number of carbonyl (C=O) groups excluding carboxylic acids is 2. The van der Waals surface area contributed by atoms with Gasteiger partial charge in [0.2, 0.25) is 11.8 Å². The number of piperazine rings is 1. The van der Waals surface area contributed by atoms with Crippen molar-refractivity contribution < 1.29 is 9.59 Å². The highest BCUT2D eigenvalue weighted by molar-refractivity contribution is 6.30. The van der Waals surface area contributed by atoms with Crippen LogP contribution in [0.4, 0.5) is 5.69 Å². The van der Waals surface area contributed by atoms with E-state index in [4.69, 9.17) is 11.6 Å². The third kappa shape index (κ3) is 5.17. The third-order valence-electron chi connectivity index (χ3n) is 7.18. The first-order valence-electron chi connectivity index (χ1n) is 11.7. The Kier molecular flexibility index (Phi) is 7.32. The van der Waals surface area contributed by atoms with Crippen LogP contribution >= 0.6 is 11.6 Å². The molecule has 2 amide bonds. The van der Waals surface area contributed by atoms with Crippen molar-refractivity contribution in [2.24, 2.45) is 11.8 Å². The lowest BCUT2D eigenvalue weighted by molar-refractivity contribution is -0.139. The predicted octanol–water partition coefficient (Wildman–Crippen LogP) is 4.56. The van der Waals surface area contributed by atoms with Crippen molar-refractivity contribution in [1.82, 2.24) is 9.80 Å². The molecule has 30 heavy (non-hydrogen) atoms. The Morgan fingerprint density at radius 3 is 2.27 bits per heavy atom. The number of benzene rings is 1. The maximum absolute atomic E-state index is 13.3. The normalized spacial score (nSPS) is 22.8. The summed E-state index contributed by atoms with van der Waals surface area (Å²) in [7, 11) is 0. The van der Waals surface area contributed by atoms with Gasteiger partial charge in [-0.2, -0.15) is 0 Å². The first-order valence-corrected chi connectivity index (χ1v) is 12.1. The Labute approximate surface area is 185 Å². The fraction of sp³-hybridized carbons (Fsp3) is 0.667. The second kappa shape index (κ2) is 10.1. The van der Waals surface area contributed by atoms with Gasteiger partial charge in [-0.25, -0.2) is 0 Å². The SMILES string of the molecule is O=C(Nc1cccc(Cl)c1)[C@@H](C1CCCC1)N1CCN(C(=O)C2CCCCC2)CC1. The van der Waals surface area contributed by atoms with Crippen LogP contribution in [-0.4, -0.2) is 53.8 Å². The van der Waals surface area contributed by atoms with E-state index in [0.717, 1.165) is 57.5 Å². The molecule has 3 fully saturated rings. The van der Waals surface area contributed by atoms with Crippen molar-refractivity contribution in [3.05, 3.63) is 29.3 Å². The molecule has 6 heteroatoms. The average Bonchev–Trinajstić information content (AvgIpc) is 3.29. The van der Waals surface area contributed by atoms with Gasteiger partial charge in [0.15, 0.2) is 0 Å². The van der Waals surface area contributed by atoms with E-state index in [1.54, 1.807) is 6.07 Å². The molecule has 0 spiro atoms. The van der Waals surface area contributed by atoms with Crippen LogP contribution in [0.1, 0.15) is 57.8 Å². The number of nitrogens with one attached hydrogen (secondary N) is 1. The summed E-state index contributed by atoms with van der Waals surface area (Å²) in [5.41, 5.74) is 0.751. The number of halogens is 1. The quantitative estimate of drug-likeness (QED) is 0.743. The summed E-state index contributed by atoms with van der Waals surface area (Å²) in [5, 5.41) is 3.72. The molecule has 0 unspecified atom stereocenters. The Morgan fingerprint density at radius 2 is 1.60 bits per heavy atom. The highest BCUT2D eigenvalue weighted by Gasteiger charge is 2.38. The molecule has 1 aromatic carbocycles. The zero-order valence-electron chi connectivity index (χ0n) is 17.8. The molecular weight excluding hydrogens is 398 g/mol. The second-order valence-electron chi connectivity index (χ2n) is 9.19. The first kappa shape index (κ1) is 21.6. The van der Waals surface area contributed by atoms with Crippen LogP contribution in [0.15, 0.2) is 24.3 Å². The summed E-state index contributed by atoms with van der Waals surface area (Å²) in [6.45, 7) is 3.04. The molecule has 1 aromatic rings. The third-order valence-corrected chi connectivity index (χ3v) is 7.42. The lowest BCUT2D eigenvalue weighted by Crippen LogP contribution is -2.57. The molecule has 0 radical (unpaired) electrons. The summed E-state index contributed by atoms with van der Waals surface area (Å²) in [5.74, 6) is 1.03. The van der Waals surface area contributed by atoms with Gasteiger partial charge in [0.1, 0.15) is 0 Å². The van der Waals surface area contributed by atoms with Crippen molar-refractivity contribution in [1.29, 1.82) is 0 Å². The zero-order valence-corrected chi connectivity index (χ0v) is 18.6. The van der Waals surface area contributed by atoms with Gasteiger partial charge in [-0.3, -0.25) is 14.5 Å². The van der Waals surface area contributed by atoms with Gasteiger partial charge in [0.25, 0.3) is 0 Å². The predicted molar refractivity (Wildman–Crippen MR) is 121 cm³/mol. The summed E-state index contributed by atoms with van der Waals surface area (Å²) in [6.07, 6.45) is 10.3. The minimum absolute atomic E-state index is 0.0659. The van der Waals surface area contributed by atoms with Crippen molar-refractivity contribution >= 4 is 29.1 Å². The van der Waals surface area contributed by atoms with Crippen LogP contribution in [0.3, 0.4) is 0 Å². The minimum atomic E-state index is -0.126. The summed E-state index contributed by atoms with van der Waals surface area (Å²) < 4.78 is 0. The monoisotopic (exact) mass is 431 g/mol. The van der Waals surface area contributed by atoms with E-state index in [1.165, 1.54) is 32.1 Å². The molecule has 1 N–H and O–H groups in total. The van der Waals surface area contributed by atoms with Crippen LogP contribution < -0.4 is 5.32 Å².